The minimum atomic E-state index is 0.535. The minimum absolute atomic E-state index is 0.535. The van der Waals surface area contributed by atoms with Crippen molar-refractivity contribution in [2.75, 3.05) is 0 Å². The maximum absolute atomic E-state index is 6.03. The first-order chi connectivity index (χ1) is 13.6. The summed E-state index contributed by atoms with van der Waals surface area (Å²) in [4.78, 5) is 0. The van der Waals surface area contributed by atoms with Gasteiger partial charge in [0.15, 0.2) is 0 Å². The lowest BCUT2D eigenvalue weighted by atomic mass is 10.1. The molecule has 0 heterocycles. The zero-order valence-corrected chi connectivity index (χ0v) is 16.6. The monoisotopic (exact) mass is 370 g/mol. The van der Waals surface area contributed by atoms with Crippen LogP contribution in [0, 0.1) is 13.8 Å². The Bertz CT molecular complexity index is 870. The van der Waals surface area contributed by atoms with Crippen molar-refractivity contribution >= 4 is 12.2 Å². The number of hydrogen-bond donors (Lipinski definition) is 0. The van der Waals surface area contributed by atoms with Gasteiger partial charge in [-0.05, 0) is 59.4 Å². The molecule has 0 aliphatic carbocycles. The predicted molar refractivity (Wildman–Crippen MR) is 118 cm³/mol. The third-order valence-corrected chi connectivity index (χ3v) is 4.69. The second kappa shape index (κ2) is 9.09. The van der Waals surface area contributed by atoms with Crippen molar-refractivity contribution in [2.45, 2.75) is 27.1 Å². The van der Waals surface area contributed by atoms with Crippen molar-refractivity contribution in [3.05, 3.63) is 107 Å². The van der Waals surface area contributed by atoms with Crippen LogP contribution in [0.4, 0.5) is 0 Å². The summed E-state index contributed by atoms with van der Waals surface area (Å²) in [5, 5.41) is 0. The summed E-state index contributed by atoms with van der Waals surface area (Å²) in [7, 11) is 0. The highest BCUT2D eigenvalue weighted by atomic mass is 16.5. The number of rotatable bonds is 8. The van der Waals surface area contributed by atoms with Gasteiger partial charge in [-0.2, -0.15) is 0 Å². The lowest BCUT2D eigenvalue weighted by Gasteiger charge is -2.15. The van der Waals surface area contributed by atoms with Crippen LogP contribution in [0.1, 0.15) is 33.4 Å². The zero-order chi connectivity index (χ0) is 19.9. The van der Waals surface area contributed by atoms with E-state index in [1.165, 1.54) is 0 Å². The SMILES string of the molecule is C=Cc1ccc(COc2cc(C)c(OCc3ccc(C=C)cc3)cc2C)cc1. The molecule has 0 saturated carbocycles. The first-order valence-corrected chi connectivity index (χ1v) is 9.38. The maximum Gasteiger partial charge on any atom is 0.123 e. The Morgan fingerprint density at radius 2 is 1.00 bits per heavy atom. The second-order valence-electron chi connectivity index (χ2n) is 6.85. The van der Waals surface area contributed by atoms with E-state index in [2.05, 4.69) is 37.4 Å². The Balaban J connectivity index is 1.63. The summed E-state index contributed by atoms with van der Waals surface area (Å²) in [5.74, 6) is 1.76. The molecule has 0 aromatic heterocycles. The van der Waals surface area contributed by atoms with Crippen LogP contribution < -0.4 is 9.47 Å². The van der Waals surface area contributed by atoms with Crippen molar-refractivity contribution in [3.8, 4) is 11.5 Å². The Hall–Kier alpha value is -3.26. The van der Waals surface area contributed by atoms with Crippen LogP contribution in [0.25, 0.3) is 12.2 Å². The molecule has 3 aromatic rings. The van der Waals surface area contributed by atoms with Crippen LogP contribution in [-0.4, -0.2) is 0 Å². The highest BCUT2D eigenvalue weighted by Crippen LogP contribution is 2.29. The Morgan fingerprint density at radius 3 is 1.32 bits per heavy atom. The highest BCUT2D eigenvalue weighted by molar-refractivity contribution is 5.48. The number of hydrogen-bond acceptors (Lipinski definition) is 2. The molecule has 3 aromatic carbocycles. The Kier molecular flexibility index (Phi) is 6.33. The van der Waals surface area contributed by atoms with Crippen LogP contribution in [0.15, 0.2) is 73.8 Å². The molecule has 0 amide bonds. The van der Waals surface area contributed by atoms with Crippen molar-refractivity contribution in [1.82, 2.24) is 0 Å². The topological polar surface area (TPSA) is 18.5 Å². The molecular weight excluding hydrogens is 344 g/mol. The molecule has 28 heavy (non-hydrogen) atoms. The average Bonchev–Trinajstić information content (AvgIpc) is 2.73. The average molecular weight is 370 g/mol. The standard InChI is InChI=1S/C26H26O2/c1-5-21-7-11-23(12-8-21)17-27-25-15-20(4)26(16-19(25)3)28-18-24-13-9-22(6-2)10-14-24/h5-16H,1-2,17-18H2,3-4H3. The number of benzene rings is 3. The van der Waals surface area contributed by atoms with Gasteiger partial charge in [-0.3, -0.25) is 0 Å². The van der Waals surface area contributed by atoms with Gasteiger partial charge in [0.05, 0.1) is 0 Å². The van der Waals surface area contributed by atoms with E-state index >= 15 is 0 Å². The van der Waals surface area contributed by atoms with Crippen molar-refractivity contribution < 1.29 is 9.47 Å². The first-order valence-electron chi connectivity index (χ1n) is 9.38. The fourth-order valence-corrected chi connectivity index (χ4v) is 2.90. The van der Waals surface area contributed by atoms with Gasteiger partial charge in [-0.15, -0.1) is 0 Å². The number of aryl methyl sites for hydroxylation is 2. The van der Waals surface area contributed by atoms with Gasteiger partial charge >= 0.3 is 0 Å². The van der Waals surface area contributed by atoms with Crippen molar-refractivity contribution in [3.63, 3.8) is 0 Å². The van der Waals surface area contributed by atoms with E-state index in [-0.39, 0.29) is 0 Å². The van der Waals surface area contributed by atoms with Gasteiger partial charge in [0.1, 0.15) is 24.7 Å². The largest absolute Gasteiger partial charge is 0.489 e. The fraction of sp³-hybridized carbons (Fsp3) is 0.154. The molecule has 0 radical (unpaired) electrons. The van der Waals surface area contributed by atoms with Gasteiger partial charge in [0, 0.05) is 0 Å². The molecule has 0 saturated heterocycles. The van der Waals surface area contributed by atoms with E-state index in [9.17, 15) is 0 Å². The predicted octanol–water partition coefficient (Wildman–Crippen LogP) is 6.75. The summed E-state index contributed by atoms with van der Waals surface area (Å²) in [6, 6.07) is 20.5. The van der Waals surface area contributed by atoms with Crippen LogP contribution in [0.2, 0.25) is 0 Å². The van der Waals surface area contributed by atoms with Crippen LogP contribution in [0.3, 0.4) is 0 Å². The normalized spacial score (nSPS) is 10.4. The van der Waals surface area contributed by atoms with Gasteiger partial charge < -0.3 is 9.47 Å². The number of ether oxygens (including phenoxy) is 2. The van der Waals surface area contributed by atoms with Gasteiger partial charge in [0.25, 0.3) is 0 Å². The van der Waals surface area contributed by atoms with Gasteiger partial charge in [-0.1, -0.05) is 73.8 Å². The zero-order valence-electron chi connectivity index (χ0n) is 16.6. The van der Waals surface area contributed by atoms with Gasteiger partial charge in [0.2, 0.25) is 0 Å². The van der Waals surface area contributed by atoms with E-state index in [1.54, 1.807) is 0 Å². The molecule has 0 bridgehead atoms. The molecule has 2 heteroatoms. The van der Waals surface area contributed by atoms with Crippen molar-refractivity contribution in [1.29, 1.82) is 0 Å². The summed E-state index contributed by atoms with van der Waals surface area (Å²) in [5.41, 5.74) is 6.60. The first kappa shape index (κ1) is 19.5. The molecule has 0 aliphatic rings. The molecule has 0 atom stereocenters. The van der Waals surface area contributed by atoms with Crippen LogP contribution in [0.5, 0.6) is 11.5 Å². The summed E-state index contributed by atoms with van der Waals surface area (Å²) in [6.45, 7) is 12.7. The van der Waals surface area contributed by atoms with E-state index in [0.29, 0.717) is 13.2 Å². The van der Waals surface area contributed by atoms with Crippen LogP contribution >= 0.6 is 0 Å². The summed E-state index contributed by atoms with van der Waals surface area (Å²) >= 11 is 0. The quantitative estimate of drug-likeness (QED) is 0.437. The van der Waals surface area contributed by atoms with Crippen molar-refractivity contribution in [2.24, 2.45) is 0 Å². The Labute approximate surface area is 167 Å². The molecule has 0 N–H and O–H groups in total. The lowest BCUT2D eigenvalue weighted by Crippen LogP contribution is -2.01. The van der Waals surface area contributed by atoms with E-state index < -0.39 is 0 Å². The summed E-state index contributed by atoms with van der Waals surface area (Å²) in [6.07, 6.45) is 3.68. The summed E-state index contributed by atoms with van der Waals surface area (Å²) < 4.78 is 12.1. The van der Waals surface area contributed by atoms with E-state index in [1.807, 2.05) is 62.4 Å². The molecule has 3 rings (SSSR count). The molecule has 2 nitrogen and oxygen atoms in total. The molecule has 142 valence electrons. The molecule has 0 fully saturated rings. The molecule has 0 unspecified atom stereocenters. The lowest BCUT2D eigenvalue weighted by molar-refractivity contribution is 0.294. The van der Waals surface area contributed by atoms with E-state index in [0.717, 1.165) is 44.9 Å². The molecule has 0 spiro atoms. The smallest absolute Gasteiger partial charge is 0.123 e. The van der Waals surface area contributed by atoms with E-state index in [4.69, 9.17) is 9.47 Å². The minimum Gasteiger partial charge on any atom is -0.489 e. The Morgan fingerprint density at radius 1 is 0.643 bits per heavy atom. The van der Waals surface area contributed by atoms with Crippen LogP contribution in [-0.2, 0) is 13.2 Å². The molecular formula is C26H26O2. The second-order valence-corrected chi connectivity index (χ2v) is 6.85. The fourth-order valence-electron chi connectivity index (χ4n) is 2.90. The molecule has 0 aliphatic heterocycles. The third kappa shape index (κ3) is 4.92. The maximum atomic E-state index is 6.03. The van der Waals surface area contributed by atoms with Gasteiger partial charge in [-0.25, -0.2) is 0 Å². The highest BCUT2D eigenvalue weighted by Gasteiger charge is 2.08. The third-order valence-electron chi connectivity index (χ3n) is 4.69.